The topological polar surface area (TPSA) is 78.8 Å². The number of rotatable bonds is 5. The number of amides is 1. The largest absolute Gasteiger partial charge is 0.284 e. The van der Waals surface area contributed by atoms with Crippen molar-refractivity contribution in [2.45, 2.75) is 12.5 Å². The van der Waals surface area contributed by atoms with Crippen molar-refractivity contribution < 1.29 is 17.6 Å². The van der Waals surface area contributed by atoms with E-state index < -0.39 is 21.9 Å². The molecule has 2 heterocycles. The highest BCUT2D eigenvalue weighted by atomic mass is 32.2. The van der Waals surface area contributed by atoms with Crippen LogP contribution in [0, 0.1) is 5.82 Å². The second kappa shape index (κ2) is 8.00. The number of sulfonamides is 1. The summed E-state index contributed by atoms with van der Waals surface area (Å²) in [5, 5.41) is 7.63. The molecular weight excluding hydrogens is 425 g/mol. The average Bonchev–Trinajstić information content (AvgIpc) is 3.37. The van der Waals surface area contributed by atoms with Gasteiger partial charge in [-0.2, -0.15) is 5.10 Å². The summed E-state index contributed by atoms with van der Waals surface area (Å²) in [5.74, 6) is -0.714. The van der Waals surface area contributed by atoms with Crippen molar-refractivity contribution >= 4 is 38.7 Å². The number of benzene rings is 2. The van der Waals surface area contributed by atoms with Crippen LogP contribution in [0.4, 0.5) is 10.1 Å². The first-order valence-corrected chi connectivity index (χ1v) is 11.9. The second-order valence-corrected chi connectivity index (χ2v) is 9.57. The zero-order chi connectivity index (χ0) is 21.3. The fraction of sp³-hybridized carbons (Fsp3) is 0.143. The molecule has 0 radical (unpaired) electrons. The summed E-state index contributed by atoms with van der Waals surface area (Å²) >= 11 is 1.29. The Morgan fingerprint density at radius 2 is 1.97 bits per heavy atom. The van der Waals surface area contributed by atoms with Gasteiger partial charge >= 0.3 is 0 Å². The Balaban J connectivity index is 1.73. The lowest BCUT2D eigenvalue weighted by molar-refractivity contribution is 0.0713. The number of nitrogens with one attached hydrogen (secondary N) is 1. The molecule has 1 atom stereocenters. The van der Waals surface area contributed by atoms with Crippen molar-refractivity contribution in [3.05, 3.63) is 87.9 Å². The minimum absolute atomic E-state index is 0.306. The summed E-state index contributed by atoms with van der Waals surface area (Å²) in [7, 11) is -3.43. The fourth-order valence-corrected chi connectivity index (χ4v) is 4.56. The molecule has 30 heavy (non-hydrogen) atoms. The molecule has 1 N–H and O–H groups in total. The van der Waals surface area contributed by atoms with Crippen LogP contribution in [0.2, 0.25) is 0 Å². The zero-order valence-electron chi connectivity index (χ0n) is 15.9. The predicted molar refractivity (Wildman–Crippen MR) is 116 cm³/mol. The molecular formula is C21H18FN3O3S2. The van der Waals surface area contributed by atoms with Gasteiger partial charge in [0.2, 0.25) is 10.0 Å². The number of hydrogen-bond donors (Lipinski definition) is 1. The summed E-state index contributed by atoms with van der Waals surface area (Å²) in [6, 6.07) is 16.0. The molecule has 9 heteroatoms. The summed E-state index contributed by atoms with van der Waals surface area (Å²) in [6.07, 6.45) is 1.38. The van der Waals surface area contributed by atoms with Crippen molar-refractivity contribution in [3.63, 3.8) is 0 Å². The number of carbonyl (C=O) groups excluding carboxylic acids is 1. The van der Waals surface area contributed by atoms with Gasteiger partial charge < -0.3 is 0 Å². The first kappa shape index (κ1) is 20.2. The monoisotopic (exact) mass is 443 g/mol. The normalized spacial score (nSPS) is 16.4. The minimum Gasteiger partial charge on any atom is -0.284 e. The van der Waals surface area contributed by atoms with Crippen LogP contribution >= 0.6 is 11.3 Å². The fourth-order valence-electron chi connectivity index (χ4n) is 3.35. The molecule has 0 aliphatic carbocycles. The molecule has 1 unspecified atom stereocenters. The number of hydrazone groups is 1. The number of thiophene rings is 1. The molecule has 1 amide bonds. The Kier molecular flexibility index (Phi) is 5.40. The van der Waals surface area contributed by atoms with E-state index in [1.54, 1.807) is 60.0 Å². The maximum Gasteiger partial charge on any atom is 0.284 e. The minimum atomic E-state index is -3.43. The average molecular weight is 444 g/mol. The van der Waals surface area contributed by atoms with Gasteiger partial charge in [-0.3, -0.25) is 9.52 Å². The molecule has 1 aliphatic rings. The van der Waals surface area contributed by atoms with Gasteiger partial charge in [-0.25, -0.2) is 17.8 Å². The van der Waals surface area contributed by atoms with Gasteiger partial charge in [0.05, 0.1) is 22.9 Å². The third-order valence-corrected chi connectivity index (χ3v) is 6.08. The molecule has 154 valence electrons. The van der Waals surface area contributed by atoms with Crippen LogP contribution in [0.5, 0.6) is 0 Å². The van der Waals surface area contributed by atoms with E-state index in [0.29, 0.717) is 33.8 Å². The highest BCUT2D eigenvalue weighted by Crippen LogP contribution is 2.36. The first-order valence-electron chi connectivity index (χ1n) is 9.09. The highest BCUT2D eigenvalue weighted by Gasteiger charge is 2.35. The van der Waals surface area contributed by atoms with E-state index in [4.69, 9.17) is 0 Å². The van der Waals surface area contributed by atoms with Crippen molar-refractivity contribution in [2.75, 3.05) is 11.0 Å². The molecule has 0 fully saturated rings. The highest BCUT2D eigenvalue weighted by molar-refractivity contribution is 7.92. The quantitative estimate of drug-likeness (QED) is 0.640. The van der Waals surface area contributed by atoms with E-state index in [-0.39, 0.29) is 5.91 Å². The number of anilines is 1. The lowest BCUT2D eigenvalue weighted by atomic mass is 9.97. The van der Waals surface area contributed by atoms with E-state index in [2.05, 4.69) is 9.82 Å². The second-order valence-electron chi connectivity index (χ2n) is 6.87. The number of nitrogens with zero attached hydrogens (tertiary/aromatic N) is 2. The van der Waals surface area contributed by atoms with E-state index in [0.717, 1.165) is 6.26 Å². The van der Waals surface area contributed by atoms with E-state index in [9.17, 15) is 17.6 Å². The molecule has 2 aromatic carbocycles. The Labute approximate surface area is 177 Å². The molecule has 3 aromatic rings. The van der Waals surface area contributed by atoms with Gasteiger partial charge in [0.15, 0.2) is 0 Å². The third-order valence-electron chi connectivity index (χ3n) is 4.61. The number of carbonyl (C=O) groups is 1. The van der Waals surface area contributed by atoms with Crippen LogP contribution < -0.4 is 4.72 Å². The van der Waals surface area contributed by atoms with Crippen molar-refractivity contribution in [2.24, 2.45) is 5.10 Å². The third kappa shape index (κ3) is 4.27. The van der Waals surface area contributed by atoms with Crippen LogP contribution in [0.1, 0.15) is 33.3 Å². The summed E-state index contributed by atoms with van der Waals surface area (Å²) in [4.78, 5) is 13.6. The van der Waals surface area contributed by atoms with Gasteiger partial charge in [0.25, 0.3) is 5.91 Å². The summed E-state index contributed by atoms with van der Waals surface area (Å²) < 4.78 is 40.1. The molecule has 1 aliphatic heterocycles. The van der Waals surface area contributed by atoms with E-state index >= 15 is 0 Å². The molecule has 0 saturated heterocycles. The van der Waals surface area contributed by atoms with E-state index in [1.807, 2.05) is 0 Å². The van der Waals surface area contributed by atoms with Crippen LogP contribution in [0.3, 0.4) is 0 Å². The van der Waals surface area contributed by atoms with Gasteiger partial charge in [0.1, 0.15) is 5.82 Å². The molecule has 0 saturated carbocycles. The zero-order valence-corrected chi connectivity index (χ0v) is 17.6. The SMILES string of the molecule is CS(=O)(=O)Nc1cccc(C2=NN(C(=O)c3cccs3)C(c3ccccc3F)C2)c1. The van der Waals surface area contributed by atoms with Gasteiger partial charge in [0, 0.05) is 17.7 Å². The van der Waals surface area contributed by atoms with Gasteiger partial charge in [-0.1, -0.05) is 36.4 Å². The van der Waals surface area contributed by atoms with Crippen molar-refractivity contribution in [1.29, 1.82) is 0 Å². The van der Waals surface area contributed by atoms with Crippen LogP contribution in [-0.4, -0.2) is 31.3 Å². The Hall–Kier alpha value is -3.04. The molecule has 0 bridgehead atoms. The summed E-state index contributed by atoms with van der Waals surface area (Å²) in [5.41, 5.74) is 2.01. The number of halogens is 1. The number of hydrogen-bond acceptors (Lipinski definition) is 5. The van der Waals surface area contributed by atoms with E-state index in [1.165, 1.54) is 22.4 Å². The Morgan fingerprint density at radius 1 is 1.17 bits per heavy atom. The first-order chi connectivity index (χ1) is 14.3. The van der Waals surface area contributed by atoms with Crippen molar-refractivity contribution in [1.82, 2.24) is 5.01 Å². The lowest BCUT2D eigenvalue weighted by Crippen LogP contribution is -2.27. The predicted octanol–water partition coefficient (Wildman–Crippen LogP) is 4.25. The van der Waals surface area contributed by atoms with Crippen molar-refractivity contribution in [3.8, 4) is 0 Å². The maximum absolute atomic E-state index is 14.5. The Morgan fingerprint density at radius 3 is 2.67 bits per heavy atom. The summed E-state index contributed by atoms with van der Waals surface area (Å²) in [6.45, 7) is 0. The smallest absolute Gasteiger partial charge is 0.284 e. The molecule has 0 spiro atoms. The Bertz CT molecular complexity index is 1220. The molecule has 4 rings (SSSR count). The van der Waals surface area contributed by atoms with Crippen LogP contribution in [0.25, 0.3) is 0 Å². The molecule has 1 aromatic heterocycles. The van der Waals surface area contributed by atoms with Crippen LogP contribution in [-0.2, 0) is 10.0 Å². The lowest BCUT2D eigenvalue weighted by Gasteiger charge is -2.21. The maximum atomic E-state index is 14.5. The standard InChI is InChI=1S/C21H18FN3O3S2/c1-30(27,28)24-15-7-4-6-14(12-15)18-13-19(16-8-2-3-9-17(16)22)25(23-18)21(26)20-10-5-11-29-20/h2-12,19,24H,13H2,1H3. The van der Waals surface area contributed by atoms with Gasteiger partial charge in [-0.15, -0.1) is 11.3 Å². The molecule has 6 nitrogen and oxygen atoms in total. The van der Waals surface area contributed by atoms with Gasteiger partial charge in [-0.05, 0) is 35.2 Å². The van der Waals surface area contributed by atoms with Crippen LogP contribution in [0.15, 0.2) is 71.1 Å².